The second-order valence-corrected chi connectivity index (χ2v) is 8.80. The number of piperazine rings is 1. The van der Waals surface area contributed by atoms with Gasteiger partial charge in [0.25, 0.3) is 5.78 Å². The molecule has 0 spiro atoms. The first-order chi connectivity index (χ1) is 14.0. The highest BCUT2D eigenvalue weighted by molar-refractivity contribution is 8.00. The van der Waals surface area contributed by atoms with Gasteiger partial charge in [-0.05, 0) is 32.4 Å². The molecule has 4 rings (SSSR count). The maximum Gasteiger partial charge on any atom is 0.253 e. The van der Waals surface area contributed by atoms with Gasteiger partial charge in [0.15, 0.2) is 0 Å². The third kappa shape index (κ3) is 4.59. The van der Waals surface area contributed by atoms with Gasteiger partial charge in [-0.3, -0.25) is 9.69 Å². The number of hydrogen-bond acceptors (Lipinski definition) is 6. The summed E-state index contributed by atoms with van der Waals surface area (Å²) in [6.45, 7) is 10.1. The van der Waals surface area contributed by atoms with E-state index in [4.69, 9.17) is 0 Å². The molecule has 0 radical (unpaired) electrons. The molecule has 0 bridgehead atoms. The topological polar surface area (TPSA) is 66.6 Å². The molecular weight excluding hydrogens is 384 g/mol. The van der Waals surface area contributed by atoms with Crippen molar-refractivity contribution in [3.05, 3.63) is 53.3 Å². The fraction of sp³-hybridized carbons (Fsp3) is 0.429. The molecule has 1 atom stereocenters. The molecule has 29 heavy (non-hydrogen) atoms. The van der Waals surface area contributed by atoms with Crippen molar-refractivity contribution in [2.75, 3.05) is 26.2 Å². The molecule has 0 aliphatic carbocycles. The van der Waals surface area contributed by atoms with Gasteiger partial charge in [-0.1, -0.05) is 42.1 Å². The highest BCUT2D eigenvalue weighted by Gasteiger charge is 2.26. The number of amides is 1. The number of benzene rings is 1. The van der Waals surface area contributed by atoms with Gasteiger partial charge in [0.05, 0.1) is 5.25 Å². The Balaban J connectivity index is 1.33. The Morgan fingerprint density at radius 1 is 1.10 bits per heavy atom. The molecule has 1 fully saturated rings. The average molecular weight is 411 g/mol. The van der Waals surface area contributed by atoms with Crippen LogP contribution in [-0.2, 0) is 11.3 Å². The largest absolute Gasteiger partial charge is 0.339 e. The third-order valence-corrected chi connectivity index (χ3v) is 6.10. The Morgan fingerprint density at radius 3 is 2.55 bits per heavy atom. The van der Waals surface area contributed by atoms with Crippen molar-refractivity contribution in [1.29, 1.82) is 0 Å². The number of aromatic nitrogens is 4. The standard InChI is InChI=1S/C21H26N6OS/c1-15-13-16(2)27-20(22-15)23-21(24-27)29-17(3)19(28)26-11-9-25(10-12-26)14-18-7-5-4-6-8-18/h4-8,13,17H,9-12,14H2,1-3H3. The average Bonchev–Trinajstić information content (AvgIpc) is 3.11. The van der Waals surface area contributed by atoms with Crippen LogP contribution in [0.25, 0.3) is 5.78 Å². The fourth-order valence-electron chi connectivity index (χ4n) is 3.63. The lowest BCUT2D eigenvalue weighted by atomic mass is 10.2. The monoisotopic (exact) mass is 410 g/mol. The fourth-order valence-corrected chi connectivity index (χ4v) is 4.46. The quantitative estimate of drug-likeness (QED) is 0.603. The number of carbonyl (C=O) groups is 1. The molecule has 2 aromatic heterocycles. The first-order valence-electron chi connectivity index (χ1n) is 9.92. The summed E-state index contributed by atoms with van der Waals surface area (Å²) in [5.41, 5.74) is 3.21. The number of fused-ring (bicyclic) bond motifs is 1. The summed E-state index contributed by atoms with van der Waals surface area (Å²) >= 11 is 1.40. The zero-order chi connectivity index (χ0) is 20.4. The van der Waals surface area contributed by atoms with Crippen LogP contribution in [0, 0.1) is 13.8 Å². The predicted molar refractivity (Wildman–Crippen MR) is 114 cm³/mol. The van der Waals surface area contributed by atoms with E-state index >= 15 is 0 Å². The summed E-state index contributed by atoms with van der Waals surface area (Å²) < 4.78 is 1.73. The highest BCUT2D eigenvalue weighted by atomic mass is 32.2. The maximum atomic E-state index is 12.9. The smallest absolute Gasteiger partial charge is 0.253 e. The normalized spacial score (nSPS) is 16.3. The molecule has 8 heteroatoms. The van der Waals surface area contributed by atoms with Gasteiger partial charge in [0, 0.05) is 44.1 Å². The number of aryl methyl sites for hydroxylation is 2. The van der Waals surface area contributed by atoms with Crippen molar-refractivity contribution >= 4 is 23.4 Å². The van der Waals surface area contributed by atoms with E-state index < -0.39 is 0 Å². The molecule has 0 saturated carbocycles. The second-order valence-electron chi connectivity index (χ2n) is 7.49. The highest BCUT2D eigenvalue weighted by Crippen LogP contribution is 2.23. The van der Waals surface area contributed by atoms with Crippen molar-refractivity contribution in [3.8, 4) is 0 Å². The second kappa shape index (κ2) is 8.51. The molecular formula is C21H26N6OS. The summed E-state index contributed by atoms with van der Waals surface area (Å²) in [5.74, 6) is 0.730. The van der Waals surface area contributed by atoms with Crippen molar-refractivity contribution < 1.29 is 4.79 Å². The van der Waals surface area contributed by atoms with E-state index in [1.165, 1.54) is 17.3 Å². The van der Waals surface area contributed by atoms with E-state index in [-0.39, 0.29) is 11.2 Å². The van der Waals surface area contributed by atoms with E-state index in [1.54, 1.807) is 4.52 Å². The van der Waals surface area contributed by atoms with Crippen LogP contribution in [0.2, 0.25) is 0 Å². The Kier molecular flexibility index (Phi) is 5.82. The van der Waals surface area contributed by atoms with Gasteiger partial charge < -0.3 is 4.90 Å². The summed E-state index contributed by atoms with van der Waals surface area (Å²) in [5, 5.41) is 4.87. The van der Waals surface area contributed by atoms with E-state index in [0.717, 1.165) is 44.1 Å². The van der Waals surface area contributed by atoms with Crippen LogP contribution in [0.15, 0.2) is 41.6 Å². The predicted octanol–water partition coefficient (Wildman–Crippen LogP) is 2.57. The summed E-state index contributed by atoms with van der Waals surface area (Å²) in [7, 11) is 0. The van der Waals surface area contributed by atoms with Gasteiger partial charge in [0.1, 0.15) is 0 Å². The number of hydrogen-bond donors (Lipinski definition) is 0. The van der Waals surface area contributed by atoms with Gasteiger partial charge in [-0.15, -0.1) is 5.10 Å². The number of rotatable bonds is 5. The van der Waals surface area contributed by atoms with Crippen molar-refractivity contribution in [2.45, 2.75) is 37.7 Å². The van der Waals surface area contributed by atoms with Gasteiger partial charge in [-0.2, -0.15) is 4.98 Å². The van der Waals surface area contributed by atoms with Crippen LogP contribution < -0.4 is 0 Å². The molecule has 3 heterocycles. The van der Waals surface area contributed by atoms with E-state index in [1.807, 2.05) is 37.8 Å². The molecule has 1 saturated heterocycles. The molecule has 1 aliphatic rings. The molecule has 1 unspecified atom stereocenters. The minimum absolute atomic E-state index is 0.147. The lowest BCUT2D eigenvalue weighted by molar-refractivity contribution is -0.132. The lowest BCUT2D eigenvalue weighted by Crippen LogP contribution is -2.50. The summed E-state index contributed by atoms with van der Waals surface area (Å²) in [6, 6.07) is 12.4. The van der Waals surface area contributed by atoms with E-state index in [0.29, 0.717) is 10.9 Å². The van der Waals surface area contributed by atoms with Gasteiger partial charge >= 0.3 is 0 Å². The van der Waals surface area contributed by atoms with Crippen LogP contribution in [0.5, 0.6) is 0 Å². The van der Waals surface area contributed by atoms with Crippen LogP contribution in [0.3, 0.4) is 0 Å². The lowest BCUT2D eigenvalue weighted by Gasteiger charge is -2.35. The molecule has 152 valence electrons. The first-order valence-corrected chi connectivity index (χ1v) is 10.8. The van der Waals surface area contributed by atoms with Gasteiger partial charge in [0.2, 0.25) is 11.1 Å². The van der Waals surface area contributed by atoms with E-state index in [2.05, 4.69) is 44.2 Å². The number of carbonyl (C=O) groups excluding carboxylic acids is 1. The summed E-state index contributed by atoms with van der Waals surface area (Å²) in [4.78, 5) is 26.2. The molecule has 7 nitrogen and oxygen atoms in total. The number of nitrogens with zero attached hydrogens (tertiary/aromatic N) is 6. The minimum atomic E-state index is -0.227. The maximum absolute atomic E-state index is 12.9. The van der Waals surface area contributed by atoms with Crippen molar-refractivity contribution in [1.82, 2.24) is 29.4 Å². The van der Waals surface area contributed by atoms with Crippen LogP contribution >= 0.6 is 11.8 Å². The Hall–Kier alpha value is -2.45. The molecule has 1 aromatic carbocycles. The van der Waals surface area contributed by atoms with Crippen LogP contribution in [0.4, 0.5) is 0 Å². The van der Waals surface area contributed by atoms with Crippen LogP contribution in [-0.4, -0.2) is 66.7 Å². The molecule has 1 amide bonds. The minimum Gasteiger partial charge on any atom is -0.339 e. The summed E-state index contributed by atoms with van der Waals surface area (Å²) in [6.07, 6.45) is 0. The SMILES string of the molecule is Cc1cc(C)n2nc(SC(C)C(=O)N3CCN(Cc4ccccc4)CC3)nc2n1. The van der Waals surface area contributed by atoms with Crippen molar-refractivity contribution in [3.63, 3.8) is 0 Å². The first kappa shape index (κ1) is 19.8. The molecule has 3 aromatic rings. The van der Waals surface area contributed by atoms with Gasteiger partial charge in [-0.25, -0.2) is 9.50 Å². The Bertz CT molecular complexity index is 997. The Morgan fingerprint density at radius 2 is 1.83 bits per heavy atom. The third-order valence-electron chi connectivity index (χ3n) is 5.16. The van der Waals surface area contributed by atoms with E-state index in [9.17, 15) is 4.79 Å². The molecule has 1 aliphatic heterocycles. The van der Waals surface area contributed by atoms with Crippen LogP contribution in [0.1, 0.15) is 23.9 Å². The Labute approximate surface area is 175 Å². The number of thioether (sulfide) groups is 1. The molecule has 0 N–H and O–H groups in total. The zero-order valence-corrected chi connectivity index (χ0v) is 17.9. The zero-order valence-electron chi connectivity index (χ0n) is 17.1. The van der Waals surface area contributed by atoms with Crippen molar-refractivity contribution in [2.24, 2.45) is 0 Å².